The summed E-state index contributed by atoms with van der Waals surface area (Å²) in [7, 11) is -3.56. The molecule has 0 bridgehead atoms. The molecule has 2 heterocycles. The van der Waals surface area contributed by atoms with E-state index in [2.05, 4.69) is 14.9 Å². The van der Waals surface area contributed by atoms with Crippen molar-refractivity contribution in [1.29, 1.82) is 0 Å². The van der Waals surface area contributed by atoms with E-state index in [-0.39, 0.29) is 36.2 Å². The van der Waals surface area contributed by atoms with Gasteiger partial charge in [0, 0.05) is 58.3 Å². The van der Waals surface area contributed by atoms with E-state index >= 15 is 0 Å². The quantitative estimate of drug-likeness (QED) is 0.709. The summed E-state index contributed by atoms with van der Waals surface area (Å²) < 4.78 is 27.0. The van der Waals surface area contributed by atoms with Crippen molar-refractivity contribution in [2.45, 2.75) is 30.7 Å². The third kappa shape index (κ3) is 5.89. The van der Waals surface area contributed by atoms with Crippen LogP contribution in [0.15, 0.2) is 29.2 Å². The van der Waals surface area contributed by atoms with Gasteiger partial charge in [0.05, 0.1) is 4.90 Å². The molecule has 1 aromatic carbocycles. The number of carbonyl (C=O) groups is 1. The van der Waals surface area contributed by atoms with E-state index in [0.29, 0.717) is 6.04 Å². The second-order valence-electron chi connectivity index (χ2n) is 7.03. The monoisotopic (exact) mass is 416 g/mol. The Kier molecular flexibility index (Phi) is 8.05. The standard InChI is InChI=1S/C18H28N4O3S.ClH/c1-15-2-4-17(5-3-15)26(24,25)20-8-6-18(23)22-11-7-16(14-22)21-12-9-19-10-13-21;/h2-5,16,19-20H,6-14H2,1H3;1H. The van der Waals surface area contributed by atoms with Crippen LogP contribution in [0, 0.1) is 6.92 Å². The van der Waals surface area contributed by atoms with Gasteiger partial charge < -0.3 is 10.2 Å². The lowest BCUT2D eigenvalue weighted by atomic mass is 10.2. The normalized spacial score (nSPS) is 21.1. The van der Waals surface area contributed by atoms with Crippen molar-refractivity contribution in [3.05, 3.63) is 29.8 Å². The summed E-state index contributed by atoms with van der Waals surface area (Å²) in [5, 5.41) is 3.34. The highest BCUT2D eigenvalue weighted by atomic mass is 35.5. The number of hydrogen-bond acceptors (Lipinski definition) is 5. The van der Waals surface area contributed by atoms with Gasteiger partial charge in [-0.3, -0.25) is 9.69 Å². The molecular weight excluding hydrogens is 388 g/mol. The lowest BCUT2D eigenvalue weighted by Crippen LogP contribution is -2.49. The molecule has 1 aromatic rings. The number of benzene rings is 1. The van der Waals surface area contributed by atoms with Gasteiger partial charge in [-0.2, -0.15) is 0 Å². The predicted molar refractivity (Wildman–Crippen MR) is 108 cm³/mol. The Morgan fingerprint density at radius 3 is 2.52 bits per heavy atom. The molecule has 2 N–H and O–H groups in total. The zero-order valence-electron chi connectivity index (χ0n) is 15.7. The van der Waals surface area contributed by atoms with Gasteiger partial charge in [0.15, 0.2) is 0 Å². The molecule has 0 radical (unpaired) electrons. The van der Waals surface area contributed by atoms with Gasteiger partial charge in [-0.15, -0.1) is 12.4 Å². The van der Waals surface area contributed by atoms with E-state index in [0.717, 1.165) is 51.3 Å². The maximum absolute atomic E-state index is 12.4. The molecule has 152 valence electrons. The molecule has 3 rings (SSSR count). The lowest BCUT2D eigenvalue weighted by molar-refractivity contribution is -0.130. The van der Waals surface area contributed by atoms with Crippen LogP contribution in [0.25, 0.3) is 0 Å². The topological polar surface area (TPSA) is 81.8 Å². The van der Waals surface area contributed by atoms with Gasteiger partial charge in [-0.1, -0.05) is 17.7 Å². The van der Waals surface area contributed by atoms with Gasteiger partial charge in [0.1, 0.15) is 0 Å². The minimum atomic E-state index is -3.56. The molecule has 0 aliphatic carbocycles. The summed E-state index contributed by atoms with van der Waals surface area (Å²) >= 11 is 0. The number of sulfonamides is 1. The Hall–Kier alpha value is -1.19. The Bertz CT molecular complexity index is 721. The van der Waals surface area contributed by atoms with Crippen molar-refractivity contribution >= 4 is 28.3 Å². The summed E-state index contributed by atoms with van der Waals surface area (Å²) in [6, 6.07) is 7.13. The van der Waals surface area contributed by atoms with Gasteiger partial charge in [-0.25, -0.2) is 13.1 Å². The van der Waals surface area contributed by atoms with Crippen LogP contribution in [0.2, 0.25) is 0 Å². The van der Waals surface area contributed by atoms with E-state index in [1.54, 1.807) is 24.3 Å². The molecule has 0 aromatic heterocycles. The van der Waals surface area contributed by atoms with E-state index in [1.165, 1.54) is 0 Å². The molecule has 7 nitrogen and oxygen atoms in total. The number of hydrogen-bond donors (Lipinski definition) is 2. The van der Waals surface area contributed by atoms with Crippen LogP contribution < -0.4 is 10.0 Å². The van der Waals surface area contributed by atoms with Crippen molar-refractivity contribution in [2.24, 2.45) is 0 Å². The second-order valence-corrected chi connectivity index (χ2v) is 8.80. The van der Waals surface area contributed by atoms with Crippen LogP contribution in [-0.2, 0) is 14.8 Å². The Morgan fingerprint density at radius 2 is 1.85 bits per heavy atom. The average molecular weight is 417 g/mol. The number of likely N-dealkylation sites (tertiary alicyclic amines) is 1. The van der Waals surface area contributed by atoms with Gasteiger partial charge >= 0.3 is 0 Å². The first-order valence-electron chi connectivity index (χ1n) is 9.24. The van der Waals surface area contributed by atoms with Crippen LogP contribution in [0.5, 0.6) is 0 Å². The van der Waals surface area contributed by atoms with Crippen molar-refractivity contribution in [3.8, 4) is 0 Å². The fourth-order valence-electron chi connectivity index (χ4n) is 3.56. The number of piperazine rings is 1. The number of nitrogens with zero attached hydrogens (tertiary/aromatic N) is 2. The third-order valence-corrected chi connectivity index (χ3v) is 6.62. The fraction of sp³-hybridized carbons (Fsp3) is 0.611. The smallest absolute Gasteiger partial charge is 0.240 e. The van der Waals surface area contributed by atoms with E-state index in [9.17, 15) is 13.2 Å². The highest BCUT2D eigenvalue weighted by molar-refractivity contribution is 7.89. The number of carbonyl (C=O) groups excluding carboxylic acids is 1. The molecule has 2 saturated heterocycles. The minimum Gasteiger partial charge on any atom is -0.341 e. The van der Waals surface area contributed by atoms with Crippen molar-refractivity contribution < 1.29 is 13.2 Å². The summed E-state index contributed by atoms with van der Waals surface area (Å²) in [5.74, 6) is 0.0224. The highest BCUT2D eigenvalue weighted by Crippen LogP contribution is 2.17. The van der Waals surface area contributed by atoms with Crippen LogP contribution in [0.3, 0.4) is 0 Å². The maximum Gasteiger partial charge on any atom is 0.240 e. The summed E-state index contributed by atoms with van der Waals surface area (Å²) in [6.07, 6.45) is 1.19. The maximum atomic E-state index is 12.4. The van der Waals surface area contributed by atoms with Gasteiger partial charge in [0.2, 0.25) is 15.9 Å². The molecule has 2 aliphatic rings. The van der Waals surface area contributed by atoms with Crippen molar-refractivity contribution in [1.82, 2.24) is 19.8 Å². The van der Waals surface area contributed by atoms with E-state index in [4.69, 9.17) is 0 Å². The minimum absolute atomic E-state index is 0. The first-order chi connectivity index (χ1) is 12.5. The Balaban J connectivity index is 0.00000261. The van der Waals surface area contributed by atoms with Crippen LogP contribution in [0.4, 0.5) is 0 Å². The summed E-state index contributed by atoms with van der Waals surface area (Å²) in [5.41, 5.74) is 1.01. The largest absolute Gasteiger partial charge is 0.341 e. The Labute approximate surface area is 167 Å². The zero-order chi connectivity index (χ0) is 18.6. The van der Waals surface area contributed by atoms with Crippen molar-refractivity contribution in [3.63, 3.8) is 0 Å². The molecule has 1 amide bonds. The van der Waals surface area contributed by atoms with Gasteiger partial charge in [0.25, 0.3) is 0 Å². The lowest BCUT2D eigenvalue weighted by Gasteiger charge is -2.32. The van der Waals surface area contributed by atoms with Crippen LogP contribution >= 0.6 is 12.4 Å². The molecule has 1 atom stereocenters. The molecular formula is C18H29ClN4O3S. The summed E-state index contributed by atoms with van der Waals surface area (Å²) in [6.45, 7) is 7.63. The molecule has 2 aliphatic heterocycles. The number of halogens is 1. The number of nitrogens with one attached hydrogen (secondary N) is 2. The number of rotatable bonds is 6. The molecule has 9 heteroatoms. The van der Waals surface area contributed by atoms with E-state index in [1.807, 2.05) is 11.8 Å². The van der Waals surface area contributed by atoms with Crippen molar-refractivity contribution in [2.75, 3.05) is 45.8 Å². The highest BCUT2D eigenvalue weighted by Gasteiger charge is 2.30. The number of aryl methyl sites for hydroxylation is 1. The average Bonchev–Trinajstić information content (AvgIpc) is 3.13. The van der Waals surface area contributed by atoms with Crippen LogP contribution in [-0.4, -0.2) is 76.0 Å². The molecule has 1 unspecified atom stereocenters. The van der Waals surface area contributed by atoms with E-state index < -0.39 is 10.0 Å². The predicted octanol–water partition coefficient (Wildman–Crippen LogP) is 0.591. The first-order valence-corrected chi connectivity index (χ1v) is 10.7. The second kappa shape index (κ2) is 9.84. The fourth-order valence-corrected chi connectivity index (χ4v) is 4.60. The molecule has 27 heavy (non-hydrogen) atoms. The SMILES string of the molecule is Cc1ccc(S(=O)(=O)NCCC(=O)N2CCC(N3CCNCC3)C2)cc1.Cl. The molecule has 2 fully saturated rings. The van der Waals surface area contributed by atoms with Crippen LogP contribution in [0.1, 0.15) is 18.4 Å². The number of amides is 1. The first kappa shape index (κ1) is 22.1. The Morgan fingerprint density at radius 1 is 1.19 bits per heavy atom. The molecule has 0 spiro atoms. The summed E-state index contributed by atoms with van der Waals surface area (Å²) in [4.78, 5) is 16.9. The zero-order valence-corrected chi connectivity index (χ0v) is 17.3. The third-order valence-electron chi connectivity index (χ3n) is 5.15. The molecule has 0 saturated carbocycles. The van der Waals surface area contributed by atoms with Gasteiger partial charge in [-0.05, 0) is 25.5 Å².